The molecule has 7 heteroatoms. The highest BCUT2D eigenvalue weighted by atomic mass is 16.7. The van der Waals surface area contributed by atoms with E-state index in [-0.39, 0.29) is 12.3 Å². The molecule has 1 atom stereocenters. The first-order valence-corrected chi connectivity index (χ1v) is 7.02. The molecule has 1 aliphatic heterocycles. The summed E-state index contributed by atoms with van der Waals surface area (Å²) in [6.45, 7) is 9.59. The van der Waals surface area contributed by atoms with Crippen molar-refractivity contribution in [3.63, 3.8) is 0 Å². The Hall–Kier alpha value is -1.08. The molecule has 0 spiro atoms. The van der Waals surface area contributed by atoms with Crippen molar-refractivity contribution in [1.29, 1.82) is 0 Å². The van der Waals surface area contributed by atoms with Crippen molar-refractivity contribution in [2.24, 2.45) is 5.73 Å². The average molecular weight is 284 g/mol. The van der Waals surface area contributed by atoms with Gasteiger partial charge in [-0.05, 0) is 34.1 Å². The van der Waals surface area contributed by atoms with Crippen LogP contribution in [0.3, 0.4) is 0 Å². The Bertz CT molecular complexity index is 369. The summed E-state index contributed by atoms with van der Waals surface area (Å²) in [7, 11) is -0.673. The summed E-state index contributed by atoms with van der Waals surface area (Å²) in [6.07, 6.45) is 1.12. The first-order chi connectivity index (χ1) is 9.09. The van der Waals surface area contributed by atoms with Crippen molar-refractivity contribution in [2.45, 2.75) is 71.0 Å². The molecule has 0 aliphatic carbocycles. The number of carbonyl (C=O) groups is 2. The average Bonchev–Trinajstić information content (AvgIpc) is 2.47. The third-order valence-corrected chi connectivity index (χ3v) is 3.84. The van der Waals surface area contributed by atoms with Crippen LogP contribution < -0.4 is 11.1 Å². The highest BCUT2D eigenvalue weighted by molar-refractivity contribution is 6.48. The van der Waals surface area contributed by atoms with E-state index in [1.807, 2.05) is 34.6 Å². The summed E-state index contributed by atoms with van der Waals surface area (Å²) >= 11 is 0. The molecule has 0 aromatic rings. The summed E-state index contributed by atoms with van der Waals surface area (Å²) in [4.78, 5) is 22.9. The second kappa shape index (κ2) is 6.14. The standard InChI is InChI=1S/C13H25BN2O4/c1-6-7-11(18)16-9(8-10(15)17)14-19-12(2,3)13(4,5)20-14/h9H,6-8H2,1-5H3,(H2,15,17)(H,16,18). The molecule has 1 rings (SSSR count). The zero-order valence-electron chi connectivity index (χ0n) is 13.0. The van der Waals surface area contributed by atoms with Crippen LogP contribution in [0.4, 0.5) is 0 Å². The molecular weight excluding hydrogens is 259 g/mol. The number of nitrogens with two attached hydrogens (primary N) is 1. The summed E-state index contributed by atoms with van der Waals surface area (Å²) in [5.41, 5.74) is 4.22. The van der Waals surface area contributed by atoms with E-state index in [0.29, 0.717) is 6.42 Å². The number of amides is 2. The van der Waals surface area contributed by atoms with Crippen LogP contribution in [0.1, 0.15) is 53.9 Å². The topological polar surface area (TPSA) is 90.7 Å². The van der Waals surface area contributed by atoms with E-state index < -0.39 is 30.2 Å². The van der Waals surface area contributed by atoms with Gasteiger partial charge in [-0.3, -0.25) is 9.59 Å². The Kier molecular flexibility index (Phi) is 5.21. The van der Waals surface area contributed by atoms with Crippen LogP contribution in [0.2, 0.25) is 0 Å². The lowest BCUT2D eigenvalue weighted by Gasteiger charge is -2.32. The molecule has 0 bridgehead atoms. The lowest BCUT2D eigenvalue weighted by atomic mass is 9.76. The third kappa shape index (κ3) is 3.96. The van der Waals surface area contributed by atoms with Crippen LogP contribution in [0.15, 0.2) is 0 Å². The Morgan fingerprint density at radius 1 is 1.20 bits per heavy atom. The summed E-state index contributed by atoms with van der Waals surface area (Å²) < 4.78 is 11.7. The molecule has 6 nitrogen and oxygen atoms in total. The fourth-order valence-corrected chi connectivity index (χ4v) is 1.99. The van der Waals surface area contributed by atoms with Crippen molar-refractivity contribution in [1.82, 2.24) is 5.32 Å². The summed E-state index contributed by atoms with van der Waals surface area (Å²) in [6, 6.07) is 0. The maximum Gasteiger partial charge on any atom is 0.482 e. The Morgan fingerprint density at radius 2 is 1.70 bits per heavy atom. The van der Waals surface area contributed by atoms with Gasteiger partial charge in [-0.15, -0.1) is 0 Å². The smallest absolute Gasteiger partial charge is 0.402 e. The SMILES string of the molecule is CCCC(=O)NC(CC(N)=O)B1OC(C)(C)C(C)(C)O1. The van der Waals surface area contributed by atoms with Gasteiger partial charge >= 0.3 is 7.12 Å². The van der Waals surface area contributed by atoms with Gasteiger partial charge in [-0.2, -0.15) is 0 Å². The monoisotopic (exact) mass is 284 g/mol. The molecule has 1 aliphatic rings. The number of carbonyl (C=O) groups excluding carboxylic acids is 2. The largest absolute Gasteiger partial charge is 0.482 e. The van der Waals surface area contributed by atoms with E-state index in [1.165, 1.54) is 0 Å². The minimum Gasteiger partial charge on any atom is -0.402 e. The van der Waals surface area contributed by atoms with Crippen molar-refractivity contribution in [2.75, 3.05) is 0 Å². The fourth-order valence-electron chi connectivity index (χ4n) is 1.99. The lowest BCUT2D eigenvalue weighted by Crippen LogP contribution is -2.49. The van der Waals surface area contributed by atoms with Crippen LogP contribution in [0, 0.1) is 0 Å². The van der Waals surface area contributed by atoms with Gasteiger partial charge in [0, 0.05) is 12.8 Å². The molecule has 20 heavy (non-hydrogen) atoms. The highest BCUT2D eigenvalue weighted by Crippen LogP contribution is 2.37. The predicted octanol–water partition coefficient (Wildman–Crippen LogP) is 0.778. The summed E-state index contributed by atoms with van der Waals surface area (Å²) in [5.74, 6) is -1.19. The molecular formula is C13H25BN2O4. The van der Waals surface area contributed by atoms with E-state index in [4.69, 9.17) is 15.0 Å². The zero-order chi connectivity index (χ0) is 15.6. The molecule has 1 saturated heterocycles. The van der Waals surface area contributed by atoms with Crippen molar-refractivity contribution >= 4 is 18.9 Å². The van der Waals surface area contributed by atoms with Gasteiger partial charge in [-0.1, -0.05) is 6.92 Å². The van der Waals surface area contributed by atoms with Crippen LogP contribution in [-0.4, -0.2) is 36.1 Å². The quantitative estimate of drug-likeness (QED) is 0.705. The molecule has 3 N–H and O–H groups in total. The van der Waals surface area contributed by atoms with Crippen LogP contribution in [-0.2, 0) is 18.9 Å². The number of hydrogen-bond donors (Lipinski definition) is 2. The number of rotatable bonds is 6. The maximum atomic E-state index is 11.7. The zero-order valence-corrected chi connectivity index (χ0v) is 13.0. The number of hydrogen-bond acceptors (Lipinski definition) is 4. The van der Waals surface area contributed by atoms with Crippen molar-refractivity contribution in [3.05, 3.63) is 0 Å². The Balaban J connectivity index is 2.80. The van der Waals surface area contributed by atoms with Gasteiger partial charge in [0.15, 0.2) is 0 Å². The first-order valence-electron chi connectivity index (χ1n) is 7.02. The molecule has 0 aromatic heterocycles. The highest BCUT2D eigenvalue weighted by Gasteiger charge is 2.54. The van der Waals surface area contributed by atoms with Crippen molar-refractivity contribution < 1.29 is 18.9 Å². The van der Waals surface area contributed by atoms with Crippen LogP contribution >= 0.6 is 0 Å². The van der Waals surface area contributed by atoms with E-state index >= 15 is 0 Å². The minimum atomic E-state index is -0.673. The predicted molar refractivity (Wildman–Crippen MR) is 76.7 cm³/mol. The normalized spacial score (nSPS) is 21.6. The molecule has 0 radical (unpaired) electrons. The molecule has 0 aromatic carbocycles. The van der Waals surface area contributed by atoms with Gasteiger partial charge in [-0.25, -0.2) is 0 Å². The minimum absolute atomic E-state index is 0.00766. The molecule has 114 valence electrons. The summed E-state index contributed by atoms with van der Waals surface area (Å²) in [5, 5.41) is 2.78. The van der Waals surface area contributed by atoms with Gasteiger partial charge < -0.3 is 20.4 Å². The number of nitrogens with one attached hydrogen (secondary N) is 1. The molecule has 2 amide bonds. The van der Waals surface area contributed by atoms with Crippen LogP contribution in [0.5, 0.6) is 0 Å². The second-order valence-electron chi connectivity index (χ2n) is 6.22. The Labute approximate surface area is 120 Å². The molecule has 0 saturated carbocycles. The van der Waals surface area contributed by atoms with Crippen LogP contribution in [0.25, 0.3) is 0 Å². The molecule has 1 unspecified atom stereocenters. The van der Waals surface area contributed by atoms with E-state index in [1.54, 1.807) is 0 Å². The van der Waals surface area contributed by atoms with E-state index in [9.17, 15) is 9.59 Å². The lowest BCUT2D eigenvalue weighted by molar-refractivity contribution is -0.122. The number of primary amides is 1. The van der Waals surface area contributed by atoms with E-state index in [0.717, 1.165) is 6.42 Å². The van der Waals surface area contributed by atoms with Crippen molar-refractivity contribution in [3.8, 4) is 0 Å². The van der Waals surface area contributed by atoms with Gasteiger partial charge in [0.25, 0.3) is 0 Å². The molecule has 1 heterocycles. The third-order valence-electron chi connectivity index (χ3n) is 3.84. The van der Waals surface area contributed by atoms with Gasteiger partial charge in [0.2, 0.25) is 11.8 Å². The van der Waals surface area contributed by atoms with Gasteiger partial charge in [0.1, 0.15) is 0 Å². The maximum absolute atomic E-state index is 11.7. The van der Waals surface area contributed by atoms with Gasteiger partial charge in [0.05, 0.1) is 17.1 Å². The Morgan fingerprint density at radius 3 is 2.10 bits per heavy atom. The van der Waals surface area contributed by atoms with E-state index in [2.05, 4.69) is 5.32 Å². The first kappa shape index (κ1) is 17.0. The molecule has 1 fully saturated rings. The fraction of sp³-hybridized carbons (Fsp3) is 0.846. The second-order valence-corrected chi connectivity index (χ2v) is 6.22.